The Kier molecular flexibility index (Phi) is 6.97. The van der Waals surface area contributed by atoms with Crippen molar-refractivity contribution in [1.29, 1.82) is 0 Å². The molecule has 6 rings (SSSR count). The molecule has 1 fully saturated rings. The molecule has 0 spiro atoms. The van der Waals surface area contributed by atoms with Gasteiger partial charge in [0.05, 0.1) is 12.2 Å². The summed E-state index contributed by atoms with van der Waals surface area (Å²) in [5, 5.41) is 3.56. The minimum absolute atomic E-state index is 0.0723. The van der Waals surface area contributed by atoms with Crippen molar-refractivity contribution in [1.82, 2.24) is 20.1 Å². The highest BCUT2D eigenvalue weighted by molar-refractivity contribution is 5.98. The van der Waals surface area contributed by atoms with E-state index in [9.17, 15) is 9.59 Å². The first kappa shape index (κ1) is 26.7. The van der Waals surface area contributed by atoms with Crippen LogP contribution in [0.3, 0.4) is 0 Å². The third-order valence-corrected chi connectivity index (χ3v) is 8.71. The van der Waals surface area contributed by atoms with Gasteiger partial charge < -0.3 is 15.1 Å². The molecular weight excluding hydrogens is 498 g/mol. The van der Waals surface area contributed by atoms with E-state index in [0.29, 0.717) is 26.2 Å². The average molecular weight is 538 g/mol. The van der Waals surface area contributed by atoms with Gasteiger partial charge in [-0.15, -0.1) is 0 Å². The number of nitrogens with zero attached hydrogens (tertiary/aromatic N) is 4. The van der Waals surface area contributed by atoms with E-state index >= 15 is 0 Å². The monoisotopic (exact) mass is 537 g/mol. The number of aryl methyl sites for hydroxylation is 1. The quantitative estimate of drug-likeness (QED) is 0.516. The van der Waals surface area contributed by atoms with Crippen molar-refractivity contribution in [2.24, 2.45) is 0 Å². The van der Waals surface area contributed by atoms with Gasteiger partial charge in [0.2, 0.25) is 5.91 Å². The number of benzene rings is 2. The van der Waals surface area contributed by atoms with Crippen LogP contribution in [0.25, 0.3) is 0 Å². The van der Waals surface area contributed by atoms with E-state index in [0.717, 1.165) is 47.6 Å². The normalized spacial score (nSPS) is 21.9. The maximum absolute atomic E-state index is 14.0. The molecule has 1 saturated heterocycles. The maximum Gasteiger partial charge on any atom is 0.254 e. The fourth-order valence-corrected chi connectivity index (χ4v) is 6.41. The molecule has 0 aliphatic carbocycles. The molecule has 2 amide bonds. The van der Waals surface area contributed by atoms with Gasteiger partial charge in [0, 0.05) is 79.7 Å². The first-order valence-electron chi connectivity index (χ1n) is 14.4. The highest BCUT2D eigenvalue weighted by Crippen LogP contribution is 2.40. The summed E-state index contributed by atoms with van der Waals surface area (Å²) in [5.74, 6) is 0.193. The molecule has 7 heteroatoms. The second-order valence-electron chi connectivity index (χ2n) is 12.5. The summed E-state index contributed by atoms with van der Waals surface area (Å²) in [6, 6.07) is 18.9. The van der Waals surface area contributed by atoms with Crippen molar-refractivity contribution >= 4 is 17.5 Å². The number of pyridine rings is 1. The summed E-state index contributed by atoms with van der Waals surface area (Å²) in [6.07, 6.45) is 2.71. The molecule has 40 heavy (non-hydrogen) atoms. The second-order valence-corrected chi connectivity index (χ2v) is 12.5. The van der Waals surface area contributed by atoms with Crippen molar-refractivity contribution in [2.75, 3.05) is 37.6 Å². The molecule has 3 aliphatic heterocycles. The Morgan fingerprint density at radius 2 is 1.90 bits per heavy atom. The summed E-state index contributed by atoms with van der Waals surface area (Å²) >= 11 is 0. The minimum atomic E-state index is -0.162. The first-order chi connectivity index (χ1) is 19.2. The summed E-state index contributed by atoms with van der Waals surface area (Å²) in [7, 11) is 0. The lowest BCUT2D eigenvalue weighted by molar-refractivity contribution is -0.120. The zero-order valence-electron chi connectivity index (χ0n) is 24.0. The fraction of sp³-hybridized carbons (Fsp3) is 0.424. The third kappa shape index (κ3) is 5.16. The first-order valence-corrected chi connectivity index (χ1v) is 14.4. The van der Waals surface area contributed by atoms with Gasteiger partial charge in [0.15, 0.2) is 0 Å². The molecule has 1 N–H and O–H groups in total. The molecule has 0 saturated carbocycles. The minimum Gasteiger partial charge on any atom is -0.333 e. The molecule has 7 nitrogen and oxygen atoms in total. The van der Waals surface area contributed by atoms with Crippen LogP contribution in [0, 0.1) is 6.92 Å². The van der Waals surface area contributed by atoms with Crippen LogP contribution in [-0.4, -0.2) is 71.4 Å². The van der Waals surface area contributed by atoms with Crippen LogP contribution in [-0.2, 0) is 23.2 Å². The van der Waals surface area contributed by atoms with E-state index in [1.807, 2.05) is 40.3 Å². The maximum atomic E-state index is 14.0. The molecule has 2 atom stereocenters. The third-order valence-electron chi connectivity index (χ3n) is 8.71. The second kappa shape index (κ2) is 10.5. The van der Waals surface area contributed by atoms with E-state index in [1.165, 1.54) is 11.1 Å². The van der Waals surface area contributed by atoms with E-state index in [-0.39, 0.29) is 29.3 Å². The molecule has 4 heterocycles. The Hall–Kier alpha value is -3.55. The number of amides is 2. The number of anilines is 1. The molecule has 1 aromatic heterocycles. The van der Waals surface area contributed by atoms with Crippen molar-refractivity contribution < 1.29 is 9.59 Å². The number of fused-ring (bicyclic) bond motifs is 2. The van der Waals surface area contributed by atoms with Crippen LogP contribution in [0.2, 0.25) is 0 Å². The number of hydrogen-bond acceptors (Lipinski definition) is 5. The summed E-state index contributed by atoms with van der Waals surface area (Å²) in [5.41, 5.74) is 7.25. The largest absolute Gasteiger partial charge is 0.333 e. The number of carbonyl (C=O) groups excluding carboxylic acids is 2. The molecule has 3 aromatic rings. The summed E-state index contributed by atoms with van der Waals surface area (Å²) < 4.78 is 0. The van der Waals surface area contributed by atoms with Crippen molar-refractivity contribution in [3.05, 3.63) is 94.3 Å². The predicted octanol–water partition coefficient (Wildman–Crippen LogP) is 3.92. The average Bonchev–Trinajstić information content (AvgIpc) is 3.39. The Balaban J connectivity index is 1.19. The molecule has 0 radical (unpaired) electrons. The number of hydrogen-bond donors (Lipinski definition) is 1. The van der Waals surface area contributed by atoms with E-state index in [4.69, 9.17) is 4.98 Å². The SMILES string of the molecule is Cc1ccc(Cc2cc3c(cn2)C(C)(C)CN3C(=O)CN2C[C@@H](C)NC[C@@H]2CN2Cc3ccccc3C2=O)cc1. The van der Waals surface area contributed by atoms with Crippen LogP contribution >= 0.6 is 0 Å². The van der Waals surface area contributed by atoms with Gasteiger partial charge in [-0.05, 0) is 37.1 Å². The molecule has 208 valence electrons. The number of piperazine rings is 1. The number of rotatable bonds is 6. The zero-order valence-corrected chi connectivity index (χ0v) is 24.0. The van der Waals surface area contributed by atoms with Crippen LogP contribution in [0.5, 0.6) is 0 Å². The van der Waals surface area contributed by atoms with Crippen molar-refractivity contribution in [3.63, 3.8) is 0 Å². The van der Waals surface area contributed by atoms with Gasteiger partial charge >= 0.3 is 0 Å². The van der Waals surface area contributed by atoms with Crippen LogP contribution in [0.15, 0.2) is 60.8 Å². The highest BCUT2D eigenvalue weighted by atomic mass is 16.2. The Bertz CT molecular complexity index is 1430. The van der Waals surface area contributed by atoms with Crippen molar-refractivity contribution in [3.8, 4) is 0 Å². The van der Waals surface area contributed by atoms with Crippen molar-refractivity contribution in [2.45, 2.75) is 58.2 Å². The molecule has 0 bridgehead atoms. The number of aromatic nitrogens is 1. The molecule has 3 aliphatic rings. The zero-order chi connectivity index (χ0) is 28.0. The lowest BCUT2D eigenvalue weighted by Crippen LogP contribution is -2.60. The molecule has 0 unspecified atom stereocenters. The Labute approximate surface area is 237 Å². The standard InChI is InChI=1S/C33H39N5O2/c1-22-9-11-24(12-10-22)13-26-14-30-29(16-35-26)33(3,4)21-38(30)31(39)20-36-17-23(2)34-15-27(36)19-37-18-25-7-5-6-8-28(25)32(37)40/h5-12,14,16,23,27,34H,13,15,17-21H2,1-4H3/t23-,27-/m1/s1. The topological polar surface area (TPSA) is 68.8 Å². The molecular formula is C33H39N5O2. The Morgan fingerprint density at radius 1 is 1.12 bits per heavy atom. The lowest BCUT2D eigenvalue weighted by Gasteiger charge is -2.41. The van der Waals surface area contributed by atoms with Gasteiger partial charge in [-0.1, -0.05) is 61.9 Å². The van der Waals surface area contributed by atoms with Gasteiger partial charge in [-0.3, -0.25) is 19.5 Å². The fourth-order valence-electron chi connectivity index (χ4n) is 6.41. The van der Waals surface area contributed by atoms with Gasteiger partial charge in [0.25, 0.3) is 5.91 Å². The van der Waals surface area contributed by atoms with Gasteiger partial charge in [0.1, 0.15) is 0 Å². The van der Waals surface area contributed by atoms with Gasteiger partial charge in [-0.2, -0.15) is 0 Å². The summed E-state index contributed by atoms with van der Waals surface area (Å²) in [6.45, 7) is 12.3. The highest BCUT2D eigenvalue weighted by Gasteiger charge is 2.40. The van der Waals surface area contributed by atoms with Gasteiger partial charge in [-0.25, -0.2) is 0 Å². The smallest absolute Gasteiger partial charge is 0.254 e. The molecule has 2 aromatic carbocycles. The summed E-state index contributed by atoms with van der Waals surface area (Å²) in [4.78, 5) is 38.0. The van der Waals surface area contributed by atoms with Crippen LogP contribution in [0.4, 0.5) is 5.69 Å². The lowest BCUT2D eigenvalue weighted by atomic mass is 9.88. The Morgan fingerprint density at radius 3 is 2.67 bits per heavy atom. The van der Waals surface area contributed by atoms with Crippen LogP contribution in [0.1, 0.15) is 59.1 Å². The predicted molar refractivity (Wildman–Crippen MR) is 158 cm³/mol. The van der Waals surface area contributed by atoms with E-state index in [2.05, 4.69) is 68.2 Å². The number of nitrogens with one attached hydrogen (secondary N) is 1. The van der Waals surface area contributed by atoms with E-state index < -0.39 is 0 Å². The van der Waals surface area contributed by atoms with Crippen LogP contribution < -0.4 is 10.2 Å². The number of carbonyl (C=O) groups is 2. The van der Waals surface area contributed by atoms with E-state index in [1.54, 1.807) is 0 Å².